The maximum atomic E-state index is 13.6. The van der Waals surface area contributed by atoms with Crippen molar-refractivity contribution in [2.75, 3.05) is 23.7 Å². The van der Waals surface area contributed by atoms with Crippen molar-refractivity contribution in [2.45, 2.75) is 44.3 Å². The quantitative estimate of drug-likeness (QED) is 0.226. The van der Waals surface area contributed by atoms with Crippen molar-refractivity contribution in [2.24, 2.45) is 0 Å². The minimum atomic E-state index is -0.402. The Hall–Kier alpha value is -5.80. The molecule has 1 saturated heterocycles. The average molecular weight is 638 g/mol. The van der Waals surface area contributed by atoms with Crippen molar-refractivity contribution in [3.63, 3.8) is 0 Å². The SMILES string of the molecule is N#Cc1nccc(N(C2CC2)C2CCN(Cc3ccc(-n4c(-c5cccnc5N)nc5ccc(-c6ccc(F)cn6)nc54)cc3)CC2)n1. The number of rotatable bonds is 8. The van der Waals surface area contributed by atoms with Gasteiger partial charge in [-0.2, -0.15) is 5.26 Å². The van der Waals surface area contributed by atoms with Gasteiger partial charge in [0.25, 0.3) is 0 Å². The zero-order valence-corrected chi connectivity index (χ0v) is 26.1. The minimum Gasteiger partial charge on any atom is -0.383 e. The van der Waals surface area contributed by atoms with E-state index in [0.29, 0.717) is 51.8 Å². The fourth-order valence-corrected chi connectivity index (χ4v) is 6.60. The molecule has 1 saturated carbocycles. The Kier molecular flexibility index (Phi) is 7.66. The highest BCUT2D eigenvalue weighted by Gasteiger charge is 2.36. The van der Waals surface area contributed by atoms with E-state index in [-0.39, 0.29) is 5.82 Å². The van der Waals surface area contributed by atoms with E-state index in [1.165, 1.54) is 30.7 Å². The fraction of sp³-hybridized carbons (Fsp3) is 0.250. The lowest BCUT2D eigenvalue weighted by atomic mass is 10.0. The number of nitrogens with zero attached hydrogens (tertiary/aromatic N) is 10. The number of anilines is 2. The lowest BCUT2D eigenvalue weighted by molar-refractivity contribution is 0.200. The molecule has 1 aromatic carbocycles. The summed E-state index contributed by atoms with van der Waals surface area (Å²) in [5.41, 5.74) is 11.6. The first-order valence-corrected chi connectivity index (χ1v) is 16.1. The Bertz CT molecular complexity index is 2130. The third-order valence-electron chi connectivity index (χ3n) is 9.07. The van der Waals surface area contributed by atoms with Crippen molar-refractivity contribution < 1.29 is 4.39 Å². The Balaban J connectivity index is 1.04. The lowest BCUT2D eigenvalue weighted by Gasteiger charge is -2.39. The molecule has 0 bridgehead atoms. The summed E-state index contributed by atoms with van der Waals surface area (Å²) in [5, 5.41) is 9.31. The van der Waals surface area contributed by atoms with E-state index in [9.17, 15) is 9.65 Å². The highest BCUT2D eigenvalue weighted by atomic mass is 19.1. The third kappa shape index (κ3) is 5.80. The molecule has 2 fully saturated rings. The molecule has 5 aromatic heterocycles. The van der Waals surface area contributed by atoms with Crippen LogP contribution in [0.2, 0.25) is 0 Å². The molecular weight excluding hydrogens is 605 g/mol. The van der Waals surface area contributed by atoms with E-state index >= 15 is 0 Å². The normalized spacial score (nSPS) is 15.4. The number of benzene rings is 1. The number of aromatic nitrogens is 7. The molecule has 48 heavy (non-hydrogen) atoms. The van der Waals surface area contributed by atoms with E-state index in [4.69, 9.17) is 15.7 Å². The molecule has 6 heterocycles. The molecule has 0 atom stereocenters. The number of piperidine rings is 1. The summed E-state index contributed by atoms with van der Waals surface area (Å²) in [5.74, 6) is 1.70. The van der Waals surface area contributed by atoms with Gasteiger partial charge in [0.1, 0.15) is 29.0 Å². The van der Waals surface area contributed by atoms with E-state index in [0.717, 1.165) is 44.0 Å². The van der Waals surface area contributed by atoms with Crippen molar-refractivity contribution in [1.82, 2.24) is 39.4 Å². The second-order valence-electron chi connectivity index (χ2n) is 12.3. The van der Waals surface area contributed by atoms with Gasteiger partial charge in [0.05, 0.1) is 23.1 Å². The average Bonchev–Trinajstić information content (AvgIpc) is 3.89. The molecule has 238 valence electrons. The minimum absolute atomic E-state index is 0.222. The van der Waals surface area contributed by atoms with Gasteiger partial charge in [0.2, 0.25) is 5.82 Å². The lowest BCUT2D eigenvalue weighted by Crippen LogP contribution is -2.46. The monoisotopic (exact) mass is 637 g/mol. The Labute approximate surface area is 276 Å². The second kappa shape index (κ2) is 12.4. The number of fused-ring (bicyclic) bond motifs is 1. The molecule has 0 unspecified atom stereocenters. The molecule has 2 aliphatic rings. The van der Waals surface area contributed by atoms with Crippen LogP contribution in [0.15, 0.2) is 85.3 Å². The summed E-state index contributed by atoms with van der Waals surface area (Å²) in [4.78, 5) is 31.9. The number of hydrogen-bond acceptors (Lipinski definition) is 10. The Morgan fingerprint density at radius 2 is 1.62 bits per heavy atom. The van der Waals surface area contributed by atoms with Crippen molar-refractivity contribution in [3.05, 3.63) is 103 Å². The van der Waals surface area contributed by atoms with Crippen LogP contribution in [0.25, 0.3) is 39.6 Å². The van der Waals surface area contributed by atoms with Crippen molar-refractivity contribution in [1.29, 1.82) is 5.26 Å². The summed E-state index contributed by atoms with van der Waals surface area (Å²) in [6, 6.07) is 23.8. The number of pyridine rings is 3. The molecular formula is C36H32FN11. The van der Waals surface area contributed by atoms with E-state index < -0.39 is 5.82 Å². The molecule has 0 amide bonds. The van der Waals surface area contributed by atoms with Gasteiger partial charge in [-0.3, -0.25) is 14.5 Å². The number of halogens is 1. The molecule has 1 aliphatic heterocycles. The molecule has 8 rings (SSSR count). The molecule has 11 nitrogen and oxygen atoms in total. The van der Waals surface area contributed by atoms with Gasteiger partial charge in [-0.15, -0.1) is 0 Å². The van der Waals surface area contributed by atoms with Gasteiger partial charge < -0.3 is 10.6 Å². The zero-order valence-electron chi connectivity index (χ0n) is 26.1. The van der Waals surface area contributed by atoms with E-state index in [1.807, 2.05) is 34.9 Å². The summed E-state index contributed by atoms with van der Waals surface area (Å²) in [7, 11) is 0. The first-order chi connectivity index (χ1) is 23.5. The predicted octanol–water partition coefficient (Wildman–Crippen LogP) is 5.56. The summed E-state index contributed by atoms with van der Waals surface area (Å²) in [6.45, 7) is 2.80. The van der Waals surface area contributed by atoms with Gasteiger partial charge in [0, 0.05) is 49.8 Å². The molecule has 0 radical (unpaired) electrons. The van der Waals surface area contributed by atoms with E-state index in [2.05, 4.69) is 60.1 Å². The number of nitrogen functional groups attached to an aromatic ring is 1. The number of nitrogens with two attached hydrogens (primary N) is 1. The zero-order chi connectivity index (χ0) is 32.6. The van der Waals surface area contributed by atoms with Crippen LogP contribution in [-0.2, 0) is 6.54 Å². The van der Waals surface area contributed by atoms with Crippen LogP contribution < -0.4 is 10.6 Å². The van der Waals surface area contributed by atoms with Crippen molar-refractivity contribution >= 4 is 22.8 Å². The topological polar surface area (TPSA) is 139 Å². The molecule has 2 N–H and O–H groups in total. The number of nitriles is 1. The number of hydrogen-bond donors (Lipinski definition) is 1. The predicted molar refractivity (Wildman–Crippen MR) is 180 cm³/mol. The first kappa shape index (κ1) is 29.6. The highest BCUT2D eigenvalue weighted by molar-refractivity contribution is 5.84. The molecule has 6 aromatic rings. The molecule has 0 spiro atoms. The van der Waals surface area contributed by atoms with Gasteiger partial charge in [0.15, 0.2) is 11.5 Å². The first-order valence-electron chi connectivity index (χ1n) is 16.1. The third-order valence-corrected chi connectivity index (χ3v) is 9.07. The van der Waals surface area contributed by atoms with E-state index in [1.54, 1.807) is 18.5 Å². The van der Waals surface area contributed by atoms with Crippen LogP contribution in [0, 0.1) is 17.1 Å². The van der Waals surface area contributed by atoms with Crippen LogP contribution in [-0.4, -0.2) is 64.5 Å². The number of likely N-dealkylation sites (tertiary alicyclic amines) is 1. The Morgan fingerprint density at radius 3 is 2.35 bits per heavy atom. The van der Waals surface area contributed by atoms with Gasteiger partial charge >= 0.3 is 0 Å². The summed E-state index contributed by atoms with van der Waals surface area (Å²) in [6.07, 6.45) is 8.94. The molecule has 12 heteroatoms. The summed E-state index contributed by atoms with van der Waals surface area (Å²) < 4.78 is 15.6. The standard InChI is InChI=1S/C36H32FN11/c37-24-5-10-29(42-21-24)30-11-12-31-36(43-30)48(35(44-31)28-2-1-16-41-34(28)39)26-6-3-23(4-7-26)22-46-18-14-27(15-19-46)47(25-8-9-25)33-13-17-40-32(20-38)45-33/h1-7,10-13,16-17,21,25,27H,8-9,14-15,18-19,22H2,(H2,39,41). The second-order valence-corrected chi connectivity index (χ2v) is 12.3. The summed E-state index contributed by atoms with van der Waals surface area (Å²) >= 11 is 0. The van der Waals surface area contributed by atoms with Gasteiger partial charge in [-0.05, 0) is 85.8 Å². The maximum absolute atomic E-state index is 13.6. The number of imidazole rings is 1. The van der Waals surface area contributed by atoms with Crippen LogP contribution in [0.5, 0.6) is 0 Å². The van der Waals surface area contributed by atoms with Gasteiger partial charge in [-0.1, -0.05) is 12.1 Å². The maximum Gasteiger partial charge on any atom is 0.234 e. The smallest absolute Gasteiger partial charge is 0.234 e. The van der Waals surface area contributed by atoms with Crippen molar-refractivity contribution in [3.8, 4) is 34.5 Å². The highest BCUT2D eigenvalue weighted by Crippen LogP contribution is 2.36. The Morgan fingerprint density at radius 1 is 0.833 bits per heavy atom. The fourth-order valence-electron chi connectivity index (χ4n) is 6.60. The van der Waals surface area contributed by atoms with Crippen LogP contribution in [0.3, 0.4) is 0 Å². The van der Waals surface area contributed by atoms with Crippen LogP contribution in [0.4, 0.5) is 16.0 Å². The van der Waals surface area contributed by atoms with Crippen LogP contribution >= 0.6 is 0 Å². The molecule has 1 aliphatic carbocycles. The van der Waals surface area contributed by atoms with Crippen LogP contribution in [0.1, 0.15) is 37.1 Å². The van der Waals surface area contributed by atoms with Gasteiger partial charge in [-0.25, -0.2) is 29.3 Å². The largest absolute Gasteiger partial charge is 0.383 e.